The smallest absolute Gasteiger partial charge is 0.0400 e. The lowest BCUT2D eigenvalue weighted by molar-refractivity contribution is 0.713. The molecule has 0 aliphatic heterocycles. The van der Waals surface area contributed by atoms with E-state index in [0.29, 0.717) is 5.03 Å². The van der Waals surface area contributed by atoms with Gasteiger partial charge in [0.05, 0.1) is 0 Å². The third kappa shape index (κ3) is 7.86. The van der Waals surface area contributed by atoms with E-state index in [2.05, 4.69) is 26.5 Å². The first-order valence-corrected chi connectivity index (χ1v) is 5.24. The molecule has 0 aliphatic carbocycles. The Kier molecular flexibility index (Phi) is 7.82. The minimum Gasteiger partial charge on any atom is -0.0976 e. The zero-order valence-electron chi connectivity index (χ0n) is 8.65. The van der Waals surface area contributed by atoms with Gasteiger partial charge in [0, 0.05) is 5.03 Å². The Balaban J connectivity index is 3.81. The van der Waals surface area contributed by atoms with Gasteiger partial charge >= 0.3 is 0 Å². The molecule has 13 heavy (non-hydrogen) atoms. The number of hydrogen-bond acceptors (Lipinski definition) is 0. The summed E-state index contributed by atoms with van der Waals surface area (Å²) >= 11 is 5.77. The van der Waals surface area contributed by atoms with Crippen LogP contribution in [0.25, 0.3) is 0 Å². The normalized spacial score (nSPS) is 13.2. The van der Waals surface area contributed by atoms with Gasteiger partial charge in [0.25, 0.3) is 0 Å². The minimum absolute atomic E-state index is 0.704. The van der Waals surface area contributed by atoms with Crippen molar-refractivity contribution in [3.8, 4) is 0 Å². The highest BCUT2D eigenvalue weighted by molar-refractivity contribution is 6.31. The van der Waals surface area contributed by atoms with E-state index in [1.165, 1.54) is 31.3 Å². The molecular formula is C12H19Cl. The first kappa shape index (κ1) is 12.5. The number of halogens is 1. The molecule has 0 spiro atoms. The van der Waals surface area contributed by atoms with Gasteiger partial charge in [-0.3, -0.25) is 0 Å². The molecule has 0 aromatic rings. The molecule has 1 heteroatoms. The van der Waals surface area contributed by atoms with Gasteiger partial charge in [0.15, 0.2) is 0 Å². The average molecular weight is 199 g/mol. The van der Waals surface area contributed by atoms with E-state index in [1.807, 2.05) is 6.08 Å². The molecule has 0 aromatic heterocycles. The lowest BCUT2D eigenvalue weighted by Crippen LogP contribution is -1.77. The summed E-state index contributed by atoms with van der Waals surface area (Å²) in [6.45, 7) is 7.94. The Bertz CT molecular complexity index is 199. The van der Waals surface area contributed by atoms with Crippen molar-refractivity contribution in [2.24, 2.45) is 0 Å². The predicted molar refractivity (Wildman–Crippen MR) is 62.0 cm³/mol. The molecule has 0 bridgehead atoms. The number of hydrogen-bond donors (Lipinski definition) is 0. The maximum absolute atomic E-state index is 5.77. The van der Waals surface area contributed by atoms with Crippen LogP contribution in [-0.4, -0.2) is 0 Å². The van der Waals surface area contributed by atoms with Crippen molar-refractivity contribution in [2.75, 3.05) is 0 Å². The van der Waals surface area contributed by atoms with E-state index >= 15 is 0 Å². The maximum atomic E-state index is 5.77. The van der Waals surface area contributed by atoms with E-state index in [-0.39, 0.29) is 0 Å². The van der Waals surface area contributed by atoms with Crippen LogP contribution in [0.5, 0.6) is 0 Å². The van der Waals surface area contributed by atoms with Crippen molar-refractivity contribution in [1.29, 1.82) is 0 Å². The molecule has 0 radical (unpaired) electrons. The van der Waals surface area contributed by atoms with Crippen LogP contribution in [0.1, 0.15) is 39.5 Å². The van der Waals surface area contributed by atoms with E-state index in [4.69, 9.17) is 11.6 Å². The van der Waals surface area contributed by atoms with Crippen LogP contribution < -0.4 is 0 Å². The van der Waals surface area contributed by atoms with E-state index < -0.39 is 0 Å². The molecule has 0 N–H and O–H groups in total. The van der Waals surface area contributed by atoms with Crippen LogP contribution >= 0.6 is 11.6 Å². The van der Waals surface area contributed by atoms with Crippen molar-refractivity contribution in [3.63, 3.8) is 0 Å². The van der Waals surface area contributed by atoms with E-state index in [0.717, 1.165) is 0 Å². The molecule has 0 rings (SSSR count). The summed E-state index contributed by atoms with van der Waals surface area (Å²) in [6.07, 6.45) is 10.7. The highest BCUT2D eigenvalue weighted by Gasteiger charge is 1.89. The summed E-state index contributed by atoms with van der Waals surface area (Å²) in [5, 5.41) is 0.704. The largest absolute Gasteiger partial charge is 0.0976 e. The highest BCUT2D eigenvalue weighted by atomic mass is 35.5. The third-order valence-electron chi connectivity index (χ3n) is 1.90. The molecule has 0 saturated heterocycles. The Labute approximate surface area is 87.0 Å². The van der Waals surface area contributed by atoms with Gasteiger partial charge in [-0.15, -0.1) is 0 Å². The van der Waals surface area contributed by atoms with E-state index in [9.17, 15) is 0 Å². The topological polar surface area (TPSA) is 0 Å². The predicted octanol–water partition coefficient (Wildman–Crippen LogP) is 4.82. The zero-order chi connectivity index (χ0) is 10.1. The minimum atomic E-state index is 0.704. The fourth-order valence-electron chi connectivity index (χ4n) is 1.03. The van der Waals surface area contributed by atoms with Crippen molar-refractivity contribution in [1.82, 2.24) is 0 Å². The summed E-state index contributed by atoms with van der Waals surface area (Å²) in [4.78, 5) is 0. The molecule has 0 saturated carbocycles. The monoisotopic (exact) mass is 198 g/mol. The number of allylic oxidation sites excluding steroid dienone is 5. The van der Waals surface area contributed by atoms with Gasteiger partial charge in [0.2, 0.25) is 0 Å². The van der Waals surface area contributed by atoms with Gasteiger partial charge < -0.3 is 0 Å². The summed E-state index contributed by atoms with van der Waals surface area (Å²) in [6, 6.07) is 0. The Morgan fingerprint density at radius 2 is 2.00 bits per heavy atom. The maximum Gasteiger partial charge on any atom is 0.0400 e. The lowest BCUT2D eigenvalue weighted by atomic mass is 10.1. The average Bonchev–Trinajstić information content (AvgIpc) is 2.14. The SMILES string of the molecule is C=C/C(Cl)=C\C=C(/C)CCCCC. The molecule has 0 aromatic carbocycles. The second kappa shape index (κ2) is 8.12. The van der Waals surface area contributed by atoms with Gasteiger partial charge in [-0.05, 0) is 25.8 Å². The van der Waals surface area contributed by atoms with Gasteiger partial charge in [0.1, 0.15) is 0 Å². The molecule has 74 valence electrons. The molecule has 0 amide bonds. The van der Waals surface area contributed by atoms with Gasteiger partial charge in [-0.2, -0.15) is 0 Å². The van der Waals surface area contributed by atoms with Gasteiger partial charge in [-0.1, -0.05) is 55.7 Å². The summed E-state index contributed by atoms with van der Waals surface area (Å²) in [5.41, 5.74) is 1.38. The molecule has 0 heterocycles. The number of rotatable bonds is 6. The Morgan fingerprint density at radius 1 is 1.31 bits per heavy atom. The second-order valence-corrected chi connectivity index (χ2v) is 3.66. The summed E-state index contributed by atoms with van der Waals surface area (Å²) in [5.74, 6) is 0. The molecular weight excluding hydrogens is 180 g/mol. The van der Waals surface area contributed by atoms with Crippen molar-refractivity contribution in [2.45, 2.75) is 39.5 Å². The van der Waals surface area contributed by atoms with Crippen molar-refractivity contribution >= 4 is 11.6 Å². The first-order chi connectivity index (χ1) is 6.20. The molecule has 0 aliphatic rings. The first-order valence-electron chi connectivity index (χ1n) is 4.86. The van der Waals surface area contributed by atoms with Crippen LogP contribution in [0.15, 0.2) is 35.4 Å². The summed E-state index contributed by atoms with van der Waals surface area (Å²) in [7, 11) is 0. The molecule has 0 fully saturated rings. The van der Waals surface area contributed by atoms with Crippen LogP contribution in [0.3, 0.4) is 0 Å². The fraction of sp³-hybridized carbons (Fsp3) is 0.500. The fourth-order valence-corrected chi connectivity index (χ4v) is 1.09. The van der Waals surface area contributed by atoms with Crippen molar-refractivity contribution < 1.29 is 0 Å². The van der Waals surface area contributed by atoms with Gasteiger partial charge in [-0.25, -0.2) is 0 Å². The molecule has 0 atom stereocenters. The van der Waals surface area contributed by atoms with Crippen LogP contribution in [0.4, 0.5) is 0 Å². The Hall–Kier alpha value is -0.490. The zero-order valence-corrected chi connectivity index (χ0v) is 9.40. The summed E-state index contributed by atoms with van der Waals surface area (Å²) < 4.78 is 0. The number of unbranched alkanes of at least 4 members (excludes halogenated alkanes) is 2. The van der Waals surface area contributed by atoms with E-state index in [1.54, 1.807) is 6.08 Å². The third-order valence-corrected chi connectivity index (χ3v) is 2.18. The molecule has 0 unspecified atom stereocenters. The van der Waals surface area contributed by atoms with Crippen molar-refractivity contribution in [3.05, 3.63) is 35.4 Å². The molecule has 0 nitrogen and oxygen atoms in total. The second-order valence-electron chi connectivity index (χ2n) is 3.23. The highest BCUT2D eigenvalue weighted by Crippen LogP contribution is 2.10. The van der Waals surface area contributed by atoms with Crippen LogP contribution in [-0.2, 0) is 0 Å². The standard InChI is InChI=1S/C12H19Cl/c1-4-6-7-8-11(3)9-10-12(13)5-2/h5,9-10H,2,4,6-8H2,1,3H3/b11-9+,12-10+. The Morgan fingerprint density at radius 3 is 2.54 bits per heavy atom. The lowest BCUT2D eigenvalue weighted by Gasteiger charge is -1.98. The van der Waals surface area contributed by atoms with Crippen LogP contribution in [0.2, 0.25) is 0 Å². The van der Waals surface area contributed by atoms with Crippen LogP contribution in [0, 0.1) is 0 Å². The quantitative estimate of drug-likeness (QED) is 0.424.